The van der Waals surface area contributed by atoms with Crippen LogP contribution in [0.3, 0.4) is 0 Å². The van der Waals surface area contributed by atoms with Crippen LogP contribution in [0, 0.1) is 5.92 Å². The fourth-order valence-corrected chi connectivity index (χ4v) is 2.07. The van der Waals surface area contributed by atoms with E-state index < -0.39 is 0 Å². The lowest BCUT2D eigenvalue weighted by molar-refractivity contribution is 0.171. The van der Waals surface area contributed by atoms with Gasteiger partial charge in [0.2, 0.25) is 0 Å². The summed E-state index contributed by atoms with van der Waals surface area (Å²) < 4.78 is 10.8. The Hall–Kier alpha value is -1.22. The molecule has 1 N–H and O–H groups in total. The molecular formula is C17H29NO2. The summed E-state index contributed by atoms with van der Waals surface area (Å²) in [6, 6.07) is 6.62. The Morgan fingerprint density at radius 3 is 2.25 bits per heavy atom. The molecule has 0 aliphatic rings. The van der Waals surface area contributed by atoms with Crippen molar-refractivity contribution in [2.24, 2.45) is 5.92 Å². The molecule has 0 saturated carbocycles. The van der Waals surface area contributed by atoms with E-state index in [0.29, 0.717) is 12.5 Å². The lowest BCUT2D eigenvalue weighted by Crippen LogP contribution is -2.30. The minimum atomic E-state index is 0.122. The summed E-state index contributed by atoms with van der Waals surface area (Å²) in [5.41, 5.74) is 2.45. The largest absolute Gasteiger partial charge is 0.495 e. The molecule has 1 atom stereocenters. The van der Waals surface area contributed by atoms with Gasteiger partial charge >= 0.3 is 0 Å². The Balaban J connectivity index is 3.07. The molecule has 0 amide bonds. The van der Waals surface area contributed by atoms with Gasteiger partial charge in [-0.05, 0) is 29.0 Å². The van der Waals surface area contributed by atoms with E-state index in [1.807, 2.05) is 6.07 Å². The molecule has 0 aliphatic heterocycles. The van der Waals surface area contributed by atoms with E-state index in [1.165, 1.54) is 5.56 Å². The van der Waals surface area contributed by atoms with Gasteiger partial charge in [-0.15, -0.1) is 0 Å². The molecule has 1 unspecified atom stereocenters. The highest BCUT2D eigenvalue weighted by molar-refractivity contribution is 5.59. The van der Waals surface area contributed by atoms with Crippen LogP contribution >= 0.6 is 0 Å². The minimum absolute atomic E-state index is 0.122. The van der Waals surface area contributed by atoms with Crippen LogP contribution in [0.25, 0.3) is 0 Å². The second-order valence-electron chi connectivity index (χ2n) is 6.62. The number of ether oxygens (including phenoxy) is 2. The molecule has 3 heteroatoms. The minimum Gasteiger partial charge on any atom is -0.495 e. The van der Waals surface area contributed by atoms with Crippen LogP contribution < -0.4 is 10.1 Å². The molecule has 0 bridgehead atoms. The Morgan fingerprint density at radius 2 is 1.80 bits per heavy atom. The Bertz CT molecular complexity index is 421. The Morgan fingerprint density at radius 1 is 1.15 bits per heavy atom. The quantitative estimate of drug-likeness (QED) is 0.851. The number of anilines is 1. The highest BCUT2D eigenvalue weighted by Gasteiger charge is 2.19. The third-order valence-electron chi connectivity index (χ3n) is 3.56. The van der Waals surface area contributed by atoms with Crippen molar-refractivity contribution < 1.29 is 9.47 Å². The van der Waals surface area contributed by atoms with Crippen LogP contribution in [0.5, 0.6) is 5.75 Å². The molecule has 0 fully saturated rings. The maximum atomic E-state index is 5.47. The van der Waals surface area contributed by atoms with Gasteiger partial charge in [0.05, 0.1) is 25.4 Å². The zero-order valence-electron chi connectivity index (χ0n) is 13.9. The van der Waals surface area contributed by atoms with E-state index in [9.17, 15) is 0 Å². The van der Waals surface area contributed by atoms with Crippen molar-refractivity contribution in [3.05, 3.63) is 23.8 Å². The van der Waals surface area contributed by atoms with Gasteiger partial charge in [0, 0.05) is 7.11 Å². The normalized spacial score (nSPS) is 13.4. The number of hydrogen-bond acceptors (Lipinski definition) is 3. The summed E-state index contributed by atoms with van der Waals surface area (Å²) in [5.74, 6) is 1.36. The summed E-state index contributed by atoms with van der Waals surface area (Å²) in [6.07, 6.45) is 0. The number of rotatable bonds is 6. The fraction of sp³-hybridized carbons (Fsp3) is 0.647. The topological polar surface area (TPSA) is 30.5 Å². The van der Waals surface area contributed by atoms with Crippen molar-refractivity contribution in [3.8, 4) is 5.75 Å². The highest BCUT2D eigenvalue weighted by atomic mass is 16.5. The predicted octanol–water partition coefficient (Wildman–Crippen LogP) is 4.08. The maximum absolute atomic E-state index is 5.47. The first-order valence-corrected chi connectivity index (χ1v) is 7.23. The van der Waals surface area contributed by atoms with Crippen LogP contribution in [0.4, 0.5) is 5.69 Å². The van der Waals surface area contributed by atoms with Crippen LogP contribution in [0.1, 0.15) is 40.2 Å². The standard InChI is InChI=1S/C17H29NO2/c1-12(2)15(11-19-6)18-14-10-13(17(3,4)5)8-9-16(14)20-7/h8-10,12,15,18H,11H2,1-7H3. The summed E-state index contributed by atoms with van der Waals surface area (Å²) in [4.78, 5) is 0. The second kappa shape index (κ2) is 6.98. The van der Waals surface area contributed by atoms with Gasteiger partial charge in [-0.1, -0.05) is 40.7 Å². The molecule has 0 spiro atoms. The van der Waals surface area contributed by atoms with Crippen molar-refractivity contribution in [2.75, 3.05) is 26.1 Å². The van der Waals surface area contributed by atoms with E-state index in [4.69, 9.17) is 9.47 Å². The van der Waals surface area contributed by atoms with Crippen LogP contribution in [0.2, 0.25) is 0 Å². The fourth-order valence-electron chi connectivity index (χ4n) is 2.07. The molecular weight excluding hydrogens is 250 g/mol. The van der Waals surface area contributed by atoms with E-state index >= 15 is 0 Å². The van der Waals surface area contributed by atoms with Crippen molar-refractivity contribution >= 4 is 5.69 Å². The van der Waals surface area contributed by atoms with Crippen molar-refractivity contribution in [2.45, 2.75) is 46.1 Å². The average Bonchev–Trinajstić information content (AvgIpc) is 2.36. The smallest absolute Gasteiger partial charge is 0.141 e. The summed E-state index contributed by atoms with van der Waals surface area (Å²) in [6.45, 7) is 11.7. The summed E-state index contributed by atoms with van der Waals surface area (Å²) >= 11 is 0. The van der Waals surface area contributed by atoms with Gasteiger partial charge in [0.1, 0.15) is 5.75 Å². The van der Waals surface area contributed by atoms with E-state index in [2.05, 4.69) is 52.1 Å². The molecule has 0 saturated heterocycles. The monoisotopic (exact) mass is 279 g/mol. The first kappa shape index (κ1) is 16.8. The molecule has 1 aromatic rings. The van der Waals surface area contributed by atoms with Gasteiger partial charge < -0.3 is 14.8 Å². The Labute approximate surface area is 123 Å². The van der Waals surface area contributed by atoms with Crippen molar-refractivity contribution in [3.63, 3.8) is 0 Å². The van der Waals surface area contributed by atoms with Crippen LogP contribution in [-0.4, -0.2) is 26.9 Å². The van der Waals surface area contributed by atoms with Crippen LogP contribution in [-0.2, 0) is 10.2 Å². The SMILES string of the molecule is COCC(Nc1cc(C(C)(C)C)ccc1OC)C(C)C. The first-order chi connectivity index (χ1) is 9.29. The van der Waals surface area contributed by atoms with E-state index in [1.54, 1.807) is 14.2 Å². The molecule has 3 nitrogen and oxygen atoms in total. The molecule has 1 rings (SSSR count). The number of nitrogens with one attached hydrogen (secondary N) is 1. The average molecular weight is 279 g/mol. The summed E-state index contributed by atoms with van der Waals surface area (Å²) in [5, 5.41) is 3.56. The molecule has 0 heterocycles. The molecule has 0 aliphatic carbocycles. The lowest BCUT2D eigenvalue weighted by Gasteiger charge is -2.26. The second-order valence-corrected chi connectivity index (χ2v) is 6.62. The molecule has 0 aromatic heterocycles. The molecule has 1 aromatic carbocycles. The zero-order chi connectivity index (χ0) is 15.3. The van der Waals surface area contributed by atoms with Crippen molar-refractivity contribution in [1.29, 1.82) is 0 Å². The molecule has 20 heavy (non-hydrogen) atoms. The third kappa shape index (κ3) is 4.41. The third-order valence-corrected chi connectivity index (χ3v) is 3.56. The van der Waals surface area contributed by atoms with Crippen LogP contribution in [0.15, 0.2) is 18.2 Å². The van der Waals surface area contributed by atoms with E-state index in [-0.39, 0.29) is 11.5 Å². The first-order valence-electron chi connectivity index (χ1n) is 7.23. The van der Waals surface area contributed by atoms with Gasteiger partial charge in [0.15, 0.2) is 0 Å². The Kier molecular flexibility index (Phi) is 5.88. The van der Waals surface area contributed by atoms with Gasteiger partial charge in [-0.25, -0.2) is 0 Å². The maximum Gasteiger partial charge on any atom is 0.141 e. The van der Waals surface area contributed by atoms with Gasteiger partial charge in [-0.3, -0.25) is 0 Å². The number of benzene rings is 1. The summed E-state index contributed by atoms with van der Waals surface area (Å²) in [7, 11) is 3.44. The predicted molar refractivity (Wildman–Crippen MR) is 85.8 cm³/mol. The lowest BCUT2D eigenvalue weighted by atomic mass is 9.86. The number of hydrogen-bond donors (Lipinski definition) is 1. The molecule has 114 valence electrons. The zero-order valence-corrected chi connectivity index (χ0v) is 13.9. The van der Waals surface area contributed by atoms with Crippen molar-refractivity contribution in [1.82, 2.24) is 0 Å². The number of methoxy groups -OCH3 is 2. The van der Waals surface area contributed by atoms with E-state index in [0.717, 1.165) is 11.4 Å². The molecule has 0 radical (unpaired) electrons. The highest BCUT2D eigenvalue weighted by Crippen LogP contribution is 2.32. The van der Waals surface area contributed by atoms with Gasteiger partial charge in [-0.2, -0.15) is 0 Å². The van der Waals surface area contributed by atoms with Gasteiger partial charge in [0.25, 0.3) is 0 Å².